The topological polar surface area (TPSA) is 75.1 Å². The van der Waals surface area contributed by atoms with Crippen LogP contribution in [0.3, 0.4) is 0 Å². The van der Waals surface area contributed by atoms with Crippen LogP contribution in [0.25, 0.3) is 0 Å². The molecule has 1 aromatic rings. The Bertz CT molecular complexity index is 435. The fourth-order valence-corrected chi connectivity index (χ4v) is 2.01. The number of rotatable bonds is 11. The molecule has 0 aromatic heterocycles. The molecule has 0 aliphatic carbocycles. The SMILES string of the molecule is CN=C(NCCCOCCOC)NCCCc1ccc(O)cc1. The summed E-state index contributed by atoms with van der Waals surface area (Å²) >= 11 is 0. The molecule has 0 bridgehead atoms. The van der Waals surface area contributed by atoms with Crippen molar-refractivity contribution in [2.45, 2.75) is 19.3 Å². The molecular formula is C17H29N3O3. The number of aliphatic imine (C=N–C) groups is 1. The number of nitrogens with zero attached hydrogens (tertiary/aromatic N) is 1. The number of benzene rings is 1. The highest BCUT2D eigenvalue weighted by Gasteiger charge is 1.98. The lowest BCUT2D eigenvalue weighted by atomic mass is 10.1. The smallest absolute Gasteiger partial charge is 0.190 e. The second-order valence-corrected chi connectivity index (χ2v) is 5.15. The summed E-state index contributed by atoms with van der Waals surface area (Å²) in [6, 6.07) is 7.34. The molecule has 1 aromatic carbocycles. The summed E-state index contributed by atoms with van der Waals surface area (Å²) in [5.74, 6) is 1.12. The maximum atomic E-state index is 9.24. The number of aromatic hydroxyl groups is 1. The Morgan fingerprint density at radius 1 is 1.04 bits per heavy atom. The minimum absolute atomic E-state index is 0.308. The van der Waals surface area contributed by atoms with Crippen molar-refractivity contribution in [1.29, 1.82) is 0 Å². The van der Waals surface area contributed by atoms with Crippen LogP contribution in [0, 0.1) is 0 Å². The van der Waals surface area contributed by atoms with Gasteiger partial charge in [0.25, 0.3) is 0 Å². The highest BCUT2D eigenvalue weighted by Crippen LogP contribution is 2.10. The molecule has 23 heavy (non-hydrogen) atoms. The van der Waals surface area contributed by atoms with Crippen molar-refractivity contribution < 1.29 is 14.6 Å². The first-order valence-corrected chi connectivity index (χ1v) is 8.05. The number of ether oxygens (including phenoxy) is 2. The van der Waals surface area contributed by atoms with Gasteiger partial charge >= 0.3 is 0 Å². The Labute approximate surface area is 138 Å². The van der Waals surface area contributed by atoms with Crippen molar-refractivity contribution in [3.63, 3.8) is 0 Å². The zero-order valence-electron chi connectivity index (χ0n) is 14.2. The molecule has 6 heteroatoms. The van der Waals surface area contributed by atoms with Crippen LogP contribution < -0.4 is 10.6 Å². The fourth-order valence-electron chi connectivity index (χ4n) is 2.01. The molecule has 0 unspecified atom stereocenters. The van der Waals surface area contributed by atoms with E-state index in [1.54, 1.807) is 26.3 Å². The van der Waals surface area contributed by atoms with Crippen LogP contribution in [-0.2, 0) is 15.9 Å². The molecule has 0 spiro atoms. The van der Waals surface area contributed by atoms with Gasteiger partial charge in [0.1, 0.15) is 5.75 Å². The van der Waals surface area contributed by atoms with Gasteiger partial charge in [-0.15, -0.1) is 0 Å². The third kappa shape index (κ3) is 9.76. The van der Waals surface area contributed by atoms with Crippen LogP contribution >= 0.6 is 0 Å². The van der Waals surface area contributed by atoms with Gasteiger partial charge < -0.3 is 25.2 Å². The molecule has 0 saturated heterocycles. The van der Waals surface area contributed by atoms with Crippen LogP contribution in [0.5, 0.6) is 5.75 Å². The van der Waals surface area contributed by atoms with E-state index in [1.165, 1.54) is 5.56 Å². The molecule has 0 heterocycles. The highest BCUT2D eigenvalue weighted by atomic mass is 16.5. The summed E-state index contributed by atoms with van der Waals surface area (Å²) in [5.41, 5.74) is 1.22. The van der Waals surface area contributed by atoms with Gasteiger partial charge in [-0.05, 0) is 37.0 Å². The molecule has 0 aliphatic heterocycles. The molecule has 0 amide bonds. The van der Waals surface area contributed by atoms with Crippen LogP contribution in [0.1, 0.15) is 18.4 Å². The predicted octanol–water partition coefficient (Wildman–Crippen LogP) is 1.54. The summed E-state index contributed by atoms with van der Waals surface area (Å²) in [5, 5.41) is 15.8. The van der Waals surface area contributed by atoms with E-state index < -0.39 is 0 Å². The molecule has 6 nitrogen and oxygen atoms in total. The molecule has 0 fully saturated rings. The van der Waals surface area contributed by atoms with Crippen LogP contribution in [0.15, 0.2) is 29.3 Å². The maximum absolute atomic E-state index is 9.24. The van der Waals surface area contributed by atoms with Gasteiger partial charge in [0.05, 0.1) is 13.2 Å². The first kappa shape index (κ1) is 19.3. The second-order valence-electron chi connectivity index (χ2n) is 5.15. The number of aryl methyl sites for hydroxylation is 1. The van der Waals surface area contributed by atoms with E-state index in [1.807, 2.05) is 12.1 Å². The minimum atomic E-state index is 0.308. The Hall–Kier alpha value is -1.79. The highest BCUT2D eigenvalue weighted by molar-refractivity contribution is 5.79. The van der Waals surface area contributed by atoms with Gasteiger partial charge in [0.15, 0.2) is 5.96 Å². The van der Waals surface area contributed by atoms with Crippen LogP contribution in [-0.4, -0.2) is 58.1 Å². The lowest BCUT2D eigenvalue weighted by molar-refractivity contribution is 0.0698. The van der Waals surface area contributed by atoms with Crippen molar-refractivity contribution >= 4 is 5.96 Å². The van der Waals surface area contributed by atoms with E-state index in [-0.39, 0.29) is 0 Å². The Morgan fingerprint density at radius 3 is 2.39 bits per heavy atom. The van der Waals surface area contributed by atoms with Crippen LogP contribution in [0.2, 0.25) is 0 Å². The number of methoxy groups -OCH3 is 1. The van der Waals surface area contributed by atoms with Crippen molar-refractivity contribution in [1.82, 2.24) is 10.6 Å². The summed E-state index contributed by atoms with van der Waals surface area (Å²) in [7, 11) is 3.44. The van der Waals surface area contributed by atoms with E-state index in [9.17, 15) is 5.11 Å². The van der Waals surface area contributed by atoms with Crippen LogP contribution in [0.4, 0.5) is 0 Å². The third-order valence-electron chi connectivity index (χ3n) is 3.28. The molecule has 3 N–H and O–H groups in total. The van der Waals surface area contributed by atoms with Crippen molar-refractivity contribution in [3.05, 3.63) is 29.8 Å². The van der Waals surface area contributed by atoms with Gasteiger partial charge in [-0.25, -0.2) is 0 Å². The molecule has 0 atom stereocenters. The minimum Gasteiger partial charge on any atom is -0.508 e. The van der Waals surface area contributed by atoms with Crippen molar-refractivity contribution in [2.24, 2.45) is 4.99 Å². The normalized spacial score (nSPS) is 11.5. The number of phenols is 1. The number of phenolic OH excluding ortho intramolecular Hbond substituents is 1. The first-order chi connectivity index (χ1) is 11.3. The quantitative estimate of drug-likeness (QED) is 0.327. The molecule has 0 saturated carbocycles. The average Bonchev–Trinajstić information content (AvgIpc) is 2.57. The molecular weight excluding hydrogens is 294 g/mol. The van der Waals surface area contributed by atoms with Gasteiger partial charge in [-0.1, -0.05) is 12.1 Å². The predicted molar refractivity (Wildman–Crippen MR) is 93.1 cm³/mol. The molecule has 1 rings (SSSR count). The van der Waals surface area contributed by atoms with E-state index in [0.717, 1.165) is 38.3 Å². The Morgan fingerprint density at radius 2 is 1.74 bits per heavy atom. The molecule has 130 valence electrons. The Kier molecular flexibility index (Phi) is 10.7. The van der Waals surface area contributed by atoms with Gasteiger partial charge in [0, 0.05) is 33.9 Å². The van der Waals surface area contributed by atoms with Gasteiger partial charge in [-0.2, -0.15) is 0 Å². The second kappa shape index (κ2) is 12.7. The number of nitrogens with one attached hydrogen (secondary N) is 2. The monoisotopic (exact) mass is 323 g/mol. The number of hydrogen-bond donors (Lipinski definition) is 3. The largest absolute Gasteiger partial charge is 0.508 e. The Balaban J connectivity index is 2.04. The van der Waals surface area contributed by atoms with Crippen molar-refractivity contribution in [3.8, 4) is 5.75 Å². The standard InChI is InChI=1S/C17H29N3O3/c1-18-17(20-11-4-12-23-14-13-22-2)19-10-3-5-15-6-8-16(21)9-7-15/h6-9,21H,3-5,10-14H2,1-2H3,(H2,18,19,20). The molecule has 0 radical (unpaired) electrons. The lowest BCUT2D eigenvalue weighted by Gasteiger charge is -2.12. The van der Waals surface area contributed by atoms with E-state index in [4.69, 9.17) is 9.47 Å². The van der Waals surface area contributed by atoms with E-state index in [0.29, 0.717) is 25.6 Å². The summed E-state index contributed by atoms with van der Waals surface area (Å²) in [6.07, 6.45) is 2.90. The fraction of sp³-hybridized carbons (Fsp3) is 0.588. The van der Waals surface area contributed by atoms with Gasteiger partial charge in [0.2, 0.25) is 0 Å². The summed E-state index contributed by atoms with van der Waals surface area (Å²) in [4.78, 5) is 4.19. The summed E-state index contributed by atoms with van der Waals surface area (Å²) < 4.78 is 10.3. The van der Waals surface area contributed by atoms with Gasteiger partial charge in [-0.3, -0.25) is 4.99 Å². The lowest BCUT2D eigenvalue weighted by Crippen LogP contribution is -2.38. The number of guanidine groups is 1. The third-order valence-corrected chi connectivity index (χ3v) is 3.28. The number of hydrogen-bond acceptors (Lipinski definition) is 4. The van der Waals surface area contributed by atoms with E-state index >= 15 is 0 Å². The summed E-state index contributed by atoms with van der Waals surface area (Å²) in [6.45, 7) is 3.67. The average molecular weight is 323 g/mol. The zero-order valence-corrected chi connectivity index (χ0v) is 14.2. The zero-order chi connectivity index (χ0) is 16.8. The first-order valence-electron chi connectivity index (χ1n) is 8.05. The molecule has 0 aliphatic rings. The van der Waals surface area contributed by atoms with Crippen molar-refractivity contribution in [2.75, 3.05) is 47.1 Å². The van der Waals surface area contributed by atoms with E-state index in [2.05, 4.69) is 15.6 Å². The maximum Gasteiger partial charge on any atom is 0.190 e.